The molecule has 0 aliphatic rings. The molecule has 0 radical (unpaired) electrons. The summed E-state index contributed by atoms with van der Waals surface area (Å²) in [5.74, 6) is -0.372. The Morgan fingerprint density at radius 2 is 1.63 bits per heavy atom. The van der Waals surface area contributed by atoms with Gasteiger partial charge in [-0.1, -0.05) is 55.9 Å². The van der Waals surface area contributed by atoms with Crippen molar-refractivity contribution in [2.24, 2.45) is 0 Å². The van der Waals surface area contributed by atoms with Crippen molar-refractivity contribution in [2.75, 3.05) is 25.4 Å². The third-order valence-electron chi connectivity index (χ3n) is 6.55. The first-order valence-corrected chi connectivity index (χ1v) is 15.7. The molecule has 0 bridgehead atoms. The highest BCUT2D eigenvalue weighted by Crippen LogP contribution is 2.31. The topological polar surface area (TPSA) is 127 Å². The molecule has 2 heterocycles. The summed E-state index contributed by atoms with van der Waals surface area (Å²) in [6.07, 6.45) is 0. The Balaban J connectivity index is 1.72. The largest absolute Gasteiger partial charge is 0.462 e. The quantitative estimate of drug-likeness (QED) is 0.137. The lowest BCUT2D eigenvalue weighted by Crippen LogP contribution is -2.30. The van der Waals surface area contributed by atoms with Gasteiger partial charge in [0.2, 0.25) is 10.0 Å². The molecule has 2 aromatic heterocycles. The lowest BCUT2D eigenvalue weighted by molar-refractivity contribution is 0.0522. The number of ether oxygens (including phenoxy) is 1. The molecule has 2 aromatic carbocycles. The number of aromatic amines is 1. The lowest BCUT2D eigenvalue weighted by Gasteiger charge is -2.19. The number of rotatable bonds is 12. The smallest absolute Gasteiger partial charge is 0.340 e. The van der Waals surface area contributed by atoms with Crippen LogP contribution in [0.5, 0.6) is 0 Å². The number of hydrogen-bond donors (Lipinski definition) is 1. The van der Waals surface area contributed by atoms with Gasteiger partial charge in [-0.3, -0.25) is 9.36 Å². The minimum Gasteiger partial charge on any atom is -0.462 e. The third-order valence-corrected chi connectivity index (χ3v) is 9.52. The van der Waals surface area contributed by atoms with Gasteiger partial charge in [0, 0.05) is 35.7 Å². The van der Waals surface area contributed by atoms with Gasteiger partial charge in [-0.15, -0.1) is 10.2 Å². The number of para-hydroxylation sites is 1. The highest BCUT2D eigenvalue weighted by atomic mass is 32.2. The number of sulfonamides is 1. The standard InChI is InChI=1S/C29H33N5O5S2/c1-6-33(7-2)41(37,38)23-16-12-13-21(17-23)27-31-32-29(34(27)22-14-10-9-11-15-22)40-18-24(35)25-19(4)30-20(5)26(25)28(36)39-8-3/h9-17,30H,6-8,18H2,1-5H3. The molecule has 0 atom stereocenters. The first-order chi connectivity index (χ1) is 19.6. The first kappa shape index (κ1) is 30.2. The van der Waals surface area contributed by atoms with E-state index < -0.39 is 16.0 Å². The van der Waals surface area contributed by atoms with Crippen LogP contribution in [0.1, 0.15) is 52.9 Å². The molecular formula is C29H33N5O5S2. The lowest BCUT2D eigenvalue weighted by atomic mass is 10.1. The maximum atomic E-state index is 13.4. The highest BCUT2D eigenvalue weighted by molar-refractivity contribution is 7.99. The van der Waals surface area contributed by atoms with Gasteiger partial charge in [-0.25, -0.2) is 13.2 Å². The van der Waals surface area contributed by atoms with Crippen molar-refractivity contribution in [3.8, 4) is 17.1 Å². The number of nitrogens with one attached hydrogen (secondary N) is 1. The van der Waals surface area contributed by atoms with Gasteiger partial charge in [0.1, 0.15) is 0 Å². The number of esters is 1. The zero-order valence-electron chi connectivity index (χ0n) is 23.7. The Morgan fingerprint density at radius 1 is 0.951 bits per heavy atom. The van der Waals surface area contributed by atoms with Crippen LogP contribution in [-0.4, -0.2) is 69.7 Å². The Morgan fingerprint density at radius 3 is 2.29 bits per heavy atom. The molecule has 0 saturated carbocycles. The average molecular weight is 596 g/mol. The van der Waals surface area contributed by atoms with Gasteiger partial charge in [-0.05, 0) is 45.0 Å². The number of Topliss-reactive ketones (excluding diaryl/α,β-unsaturated/α-hetero) is 1. The Hall–Kier alpha value is -3.74. The Kier molecular flexibility index (Phi) is 9.46. The average Bonchev–Trinajstić information content (AvgIpc) is 3.52. The molecule has 4 aromatic rings. The van der Waals surface area contributed by atoms with E-state index in [0.717, 1.165) is 5.69 Å². The number of hydrogen-bond acceptors (Lipinski definition) is 8. The minimum atomic E-state index is -3.69. The number of ketones is 1. The number of benzene rings is 2. The molecule has 10 nitrogen and oxygen atoms in total. The summed E-state index contributed by atoms with van der Waals surface area (Å²) >= 11 is 1.18. The van der Waals surface area contributed by atoms with Crippen LogP contribution in [0.2, 0.25) is 0 Å². The van der Waals surface area contributed by atoms with Crippen molar-refractivity contribution in [1.29, 1.82) is 0 Å². The summed E-state index contributed by atoms with van der Waals surface area (Å²) in [6.45, 7) is 9.71. The maximum absolute atomic E-state index is 13.4. The molecule has 0 aliphatic carbocycles. The summed E-state index contributed by atoms with van der Waals surface area (Å²) in [7, 11) is -3.69. The van der Waals surface area contributed by atoms with Crippen LogP contribution in [-0.2, 0) is 14.8 Å². The Labute approximate surface area is 244 Å². The third kappa shape index (κ3) is 6.14. The number of nitrogens with zero attached hydrogens (tertiary/aromatic N) is 4. The monoisotopic (exact) mass is 595 g/mol. The fourth-order valence-electron chi connectivity index (χ4n) is 4.66. The van der Waals surface area contributed by atoms with E-state index in [1.165, 1.54) is 16.1 Å². The first-order valence-electron chi connectivity index (χ1n) is 13.3. The van der Waals surface area contributed by atoms with Gasteiger partial charge in [0.15, 0.2) is 16.8 Å². The molecule has 41 heavy (non-hydrogen) atoms. The van der Waals surface area contributed by atoms with E-state index in [2.05, 4.69) is 15.2 Å². The second kappa shape index (κ2) is 12.8. The van der Waals surface area contributed by atoms with Crippen LogP contribution in [0.15, 0.2) is 64.6 Å². The zero-order valence-corrected chi connectivity index (χ0v) is 25.3. The molecule has 12 heteroatoms. The number of H-pyrrole nitrogens is 1. The van der Waals surface area contributed by atoms with Crippen LogP contribution in [0.4, 0.5) is 0 Å². The number of carbonyl (C=O) groups is 2. The predicted octanol–water partition coefficient (Wildman–Crippen LogP) is 5.06. The number of carbonyl (C=O) groups excluding carboxylic acids is 2. The normalized spacial score (nSPS) is 11.7. The van der Waals surface area contributed by atoms with Crippen molar-refractivity contribution in [2.45, 2.75) is 44.7 Å². The highest BCUT2D eigenvalue weighted by Gasteiger charge is 2.27. The number of aromatic nitrogens is 4. The Bertz CT molecular complexity index is 1660. The molecule has 4 rings (SSSR count). The summed E-state index contributed by atoms with van der Waals surface area (Å²) < 4.78 is 34.8. The molecular weight excluding hydrogens is 562 g/mol. The molecule has 216 valence electrons. The molecule has 0 fully saturated rings. The van der Waals surface area contributed by atoms with Crippen molar-refractivity contribution < 1.29 is 22.7 Å². The molecule has 0 amide bonds. The van der Waals surface area contributed by atoms with Crippen molar-refractivity contribution in [1.82, 2.24) is 24.1 Å². The van der Waals surface area contributed by atoms with Crippen molar-refractivity contribution >= 4 is 33.5 Å². The minimum absolute atomic E-state index is 0.00805. The van der Waals surface area contributed by atoms with Crippen LogP contribution in [0.25, 0.3) is 17.1 Å². The van der Waals surface area contributed by atoms with Gasteiger partial charge >= 0.3 is 5.97 Å². The second-order valence-corrected chi connectivity index (χ2v) is 12.0. The number of thioether (sulfide) groups is 1. The fourth-order valence-corrected chi connectivity index (χ4v) is 6.99. The predicted molar refractivity (Wildman–Crippen MR) is 158 cm³/mol. The molecule has 0 spiro atoms. The van der Waals surface area contributed by atoms with E-state index in [1.807, 2.05) is 30.3 Å². The van der Waals surface area contributed by atoms with E-state index in [-0.39, 0.29) is 28.6 Å². The van der Waals surface area contributed by atoms with Crippen LogP contribution in [0.3, 0.4) is 0 Å². The zero-order chi connectivity index (χ0) is 29.7. The van der Waals surface area contributed by atoms with E-state index in [1.54, 1.807) is 63.5 Å². The van der Waals surface area contributed by atoms with Crippen LogP contribution in [0, 0.1) is 13.8 Å². The van der Waals surface area contributed by atoms with Crippen molar-refractivity contribution in [3.63, 3.8) is 0 Å². The molecule has 0 saturated heterocycles. The van der Waals surface area contributed by atoms with E-state index in [0.29, 0.717) is 46.6 Å². The summed E-state index contributed by atoms with van der Waals surface area (Å²) in [6, 6.07) is 16.0. The van der Waals surface area contributed by atoms with Gasteiger partial charge < -0.3 is 9.72 Å². The van der Waals surface area contributed by atoms with Gasteiger partial charge in [-0.2, -0.15) is 4.31 Å². The molecule has 1 N–H and O–H groups in total. The van der Waals surface area contributed by atoms with E-state index in [4.69, 9.17) is 4.74 Å². The second-order valence-electron chi connectivity index (χ2n) is 9.15. The fraction of sp³-hybridized carbons (Fsp3) is 0.310. The summed E-state index contributed by atoms with van der Waals surface area (Å²) in [5, 5.41) is 9.22. The van der Waals surface area contributed by atoms with E-state index in [9.17, 15) is 18.0 Å². The van der Waals surface area contributed by atoms with E-state index >= 15 is 0 Å². The number of aryl methyl sites for hydroxylation is 2. The summed E-state index contributed by atoms with van der Waals surface area (Å²) in [5.41, 5.74) is 3.02. The maximum Gasteiger partial charge on any atom is 0.340 e. The summed E-state index contributed by atoms with van der Waals surface area (Å²) in [4.78, 5) is 29.2. The van der Waals surface area contributed by atoms with Gasteiger partial charge in [0.05, 0.1) is 28.4 Å². The molecule has 0 unspecified atom stereocenters. The van der Waals surface area contributed by atoms with Crippen LogP contribution < -0.4 is 0 Å². The molecule has 0 aliphatic heterocycles. The van der Waals surface area contributed by atoms with Gasteiger partial charge in [0.25, 0.3) is 0 Å². The van der Waals surface area contributed by atoms with Crippen LogP contribution >= 0.6 is 11.8 Å². The van der Waals surface area contributed by atoms with Crippen molar-refractivity contribution in [3.05, 3.63) is 77.1 Å². The SMILES string of the molecule is CCOC(=O)c1c(C)[nH]c(C)c1C(=O)CSc1nnc(-c2cccc(S(=O)(=O)N(CC)CC)c2)n1-c1ccccc1.